The Balaban J connectivity index is 1.72. The highest BCUT2D eigenvalue weighted by molar-refractivity contribution is 7.09. The summed E-state index contributed by atoms with van der Waals surface area (Å²) >= 11 is 1.64. The second kappa shape index (κ2) is 4.77. The van der Waals surface area contributed by atoms with Crippen molar-refractivity contribution in [3.63, 3.8) is 0 Å². The summed E-state index contributed by atoms with van der Waals surface area (Å²) < 4.78 is 0. The number of nitrogens with one attached hydrogen (secondary N) is 1. The lowest BCUT2D eigenvalue weighted by atomic mass is 10.1. The van der Waals surface area contributed by atoms with E-state index in [1.54, 1.807) is 11.3 Å². The van der Waals surface area contributed by atoms with Crippen LogP contribution in [0, 0.1) is 13.8 Å². The molecule has 0 bridgehead atoms. The number of hydrogen-bond acceptors (Lipinski definition) is 4. The van der Waals surface area contributed by atoms with Crippen molar-refractivity contribution in [1.82, 2.24) is 20.1 Å². The third kappa shape index (κ3) is 2.28. The second-order valence-corrected chi connectivity index (χ2v) is 5.82. The Bertz CT molecular complexity index is 596. The van der Waals surface area contributed by atoms with Crippen molar-refractivity contribution in [2.75, 3.05) is 6.54 Å². The van der Waals surface area contributed by atoms with E-state index in [9.17, 15) is 4.79 Å². The highest BCUT2D eigenvalue weighted by atomic mass is 32.1. The molecule has 2 aromatic rings. The minimum atomic E-state index is 0.173. The lowest BCUT2D eigenvalue weighted by Crippen LogP contribution is -2.36. The van der Waals surface area contributed by atoms with Crippen LogP contribution in [-0.4, -0.2) is 32.5 Å². The van der Waals surface area contributed by atoms with Crippen LogP contribution in [-0.2, 0) is 24.2 Å². The van der Waals surface area contributed by atoms with Crippen LogP contribution in [0.1, 0.15) is 27.5 Å². The molecule has 5 nitrogen and oxygen atoms in total. The summed E-state index contributed by atoms with van der Waals surface area (Å²) in [6, 6.07) is 0. The molecule has 0 fully saturated rings. The molecular weight excluding hydrogens is 260 g/mol. The predicted octanol–water partition coefficient (Wildman–Crippen LogP) is 1.61. The van der Waals surface area contributed by atoms with Gasteiger partial charge in [-0.2, -0.15) is 5.10 Å². The first-order valence-corrected chi connectivity index (χ1v) is 7.22. The molecule has 0 aromatic carbocycles. The number of aromatic nitrogens is 3. The fourth-order valence-electron chi connectivity index (χ4n) is 2.43. The molecule has 0 spiro atoms. The number of H-pyrrole nitrogens is 1. The number of carbonyl (C=O) groups is 1. The quantitative estimate of drug-likeness (QED) is 0.906. The van der Waals surface area contributed by atoms with Crippen LogP contribution in [0.5, 0.6) is 0 Å². The molecule has 1 aliphatic rings. The van der Waals surface area contributed by atoms with E-state index in [-0.39, 0.29) is 5.91 Å². The maximum Gasteiger partial charge on any atom is 0.227 e. The number of thiazole rings is 1. The summed E-state index contributed by atoms with van der Waals surface area (Å²) in [5, 5.41) is 7.07. The van der Waals surface area contributed by atoms with Crippen molar-refractivity contribution in [3.05, 3.63) is 33.0 Å². The van der Waals surface area contributed by atoms with E-state index in [0.29, 0.717) is 13.0 Å². The van der Waals surface area contributed by atoms with Gasteiger partial charge in [0.1, 0.15) is 0 Å². The number of rotatable bonds is 2. The van der Waals surface area contributed by atoms with E-state index >= 15 is 0 Å². The summed E-state index contributed by atoms with van der Waals surface area (Å²) in [5.74, 6) is 0.173. The van der Waals surface area contributed by atoms with Gasteiger partial charge in [-0.25, -0.2) is 4.98 Å². The Labute approximate surface area is 115 Å². The Morgan fingerprint density at radius 2 is 2.37 bits per heavy atom. The lowest BCUT2D eigenvalue weighted by molar-refractivity contribution is -0.131. The molecular formula is C13H16N4OS. The number of aromatic amines is 1. The maximum absolute atomic E-state index is 12.4. The average molecular weight is 276 g/mol. The monoisotopic (exact) mass is 276 g/mol. The fourth-order valence-corrected chi connectivity index (χ4v) is 3.26. The van der Waals surface area contributed by atoms with Gasteiger partial charge in [0.05, 0.1) is 29.9 Å². The maximum atomic E-state index is 12.4. The third-order valence-electron chi connectivity index (χ3n) is 3.64. The van der Waals surface area contributed by atoms with Gasteiger partial charge in [-0.05, 0) is 13.8 Å². The van der Waals surface area contributed by atoms with Crippen molar-refractivity contribution in [1.29, 1.82) is 0 Å². The number of fused-ring (bicyclic) bond motifs is 1. The Morgan fingerprint density at radius 1 is 1.53 bits per heavy atom. The molecule has 100 valence electrons. The van der Waals surface area contributed by atoms with Crippen LogP contribution in [0.3, 0.4) is 0 Å². The van der Waals surface area contributed by atoms with Gasteiger partial charge >= 0.3 is 0 Å². The van der Waals surface area contributed by atoms with Gasteiger partial charge in [0.15, 0.2) is 0 Å². The zero-order valence-corrected chi connectivity index (χ0v) is 11.9. The molecule has 0 saturated carbocycles. The van der Waals surface area contributed by atoms with Gasteiger partial charge in [0, 0.05) is 29.1 Å². The van der Waals surface area contributed by atoms with Crippen LogP contribution in [0.25, 0.3) is 0 Å². The van der Waals surface area contributed by atoms with Crippen LogP contribution in [0.2, 0.25) is 0 Å². The molecule has 3 heterocycles. The highest BCUT2D eigenvalue weighted by Crippen LogP contribution is 2.22. The minimum Gasteiger partial charge on any atom is -0.337 e. The Hall–Kier alpha value is -1.69. The van der Waals surface area contributed by atoms with Crippen molar-refractivity contribution >= 4 is 17.2 Å². The highest BCUT2D eigenvalue weighted by Gasteiger charge is 2.23. The smallest absolute Gasteiger partial charge is 0.227 e. The normalized spacial score (nSPS) is 14.5. The summed E-state index contributed by atoms with van der Waals surface area (Å²) in [4.78, 5) is 19.8. The van der Waals surface area contributed by atoms with Gasteiger partial charge in [0.2, 0.25) is 5.91 Å². The average Bonchev–Trinajstić information content (AvgIpc) is 2.99. The SMILES string of the molecule is Cc1n[nH]c(C)c1CC(=O)N1CCc2ncsc2C1. The standard InChI is InChI=1S/C13H16N4OS/c1-8-10(9(2)16-15-8)5-13(18)17-4-3-11-12(6-17)19-7-14-11/h7H,3-6H2,1-2H3,(H,15,16). The summed E-state index contributed by atoms with van der Waals surface area (Å²) in [6.07, 6.45) is 1.30. The second-order valence-electron chi connectivity index (χ2n) is 4.88. The van der Waals surface area contributed by atoms with Crippen molar-refractivity contribution < 1.29 is 4.79 Å². The van der Waals surface area contributed by atoms with Crippen LogP contribution >= 0.6 is 11.3 Å². The van der Waals surface area contributed by atoms with Crippen LogP contribution < -0.4 is 0 Å². The molecule has 3 rings (SSSR count). The van der Waals surface area contributed by atoms with Gasteiger partial charge in [-0.3, -0.25) is 9.89 Å². The summed E-state index contributed by atoms with van der Waals surface area (Å²) in [6.45, 7) is 5.37. The van der Waals surface area contributed by atoms with Crippen molar-refractivity contribution in [2.24, 2.45) is 0 Å². The molecule has 1 aliphatic heterocycles. The predicted molar refractivity (Wildman–Crippen MR) is 73.0 cm³/mol. The Morgan fingerprint density at radius 3 is 3.11 bits per heavy atom. The van der Waals surface area contributed by atoms with E-state index < -0.39 is 0 Å². The van der Waals surface area contributed by atoms with Crippen LogP contribution in [0.4, 0.5) is 0 Å². The van der Waals surface area contributed by atoms with Gasteiger partial charge in [0.25, 0.3) is 0 Å². The van der Waals surface area contributed by atoms with E-state index in [2.05, 4.69) is 15.2 Å². The first-order chi connectivity index (χ1) is 9.15. The molecule has 0 saturated heterocycles. The largest absolute Gasteiger partial charge is 0.337 e. The Kier molecular flexibility index (Phi) is 3.10. The molecule has 6 heteroatoms. The number of hydrogen-bond donors (Lipinski definition) is 1. The first kappa shape index (κ1) is 12.3. The van der Waals surface area contributed by atoms with E-state index in [1.165, 1.54) is 4.88 Å². The molecule has 2 aromatic heterocycles. The zero-order chi connectivity index (χ0) is 13.4. The van der Waals surface area contributed by atoms with E-state index in [4.69, 9.17) is 0 Å². The first-order valence-electron chi connectivity index (χ1n) is 6.34. The van der Waals surface area contributed by atoms with E-state index in [1.807, 2.05) is 24.3 Å². The number of amides is 1. The van der Waals surface area contributed by atoms with Gasteiger partial charge < -0.3 is 4.90 Å². The number of aryl methyl sites for hydroxylation is 2. The summed E-state index contributed by atoms with van der Waals surface area (Å²) in [5.41, 5.74) is 5.95. The molecule has 1 amide bonds. The molecule has 0 aliphatic carbocycles. The molecule has 19 heavy (non-hydrogen) atoms. The van der Waals surface area contributed by atoms with Gasteiger partial charge in [-0.15, -0.1) is 11.3 Å². The third-order valence-corrected chi connectivity index (χ3v) is 4.50. The zero-order valence-electron chi connectivity index (χ0n) is 11.1. The van der Waals surface area contributed by atoms with Gasteiger partial charge in [-0.1, -0.05) is 0 Å². The molecule has 0 atom stereocenters. The van der Waals surface area contributed by atoms with Crippen LogP contribution in [0.15, 0.2) is 5.51 Å². The summed E-state index contributed by atoms with van der Waals surface area (Å²) in [7, 11) is 0. The topological polar surface area (TPSA) is 61.9 Å². The minimum absolute atomic E-state index is 0.173. The molecule has 0 radical (unpaired) electrons. The fraction of sp³-hybridized carbons (Fsp3) is 0.462. The number of carbonyl (C=O) groups excluding carboxylic acids is 1. The van der Waals surface area contributed by atoms with Crippen molar-refractivity contribution in [3.8, 4) is 0 Å². The van der Waals surface area contributed by atoms with E-state index in [0.717, 1.165) is 35.6 Å². The number of nitrogens with zero attached hydrogens (tertiary/aromatic N) is 3. The molecule has 0 unspecified atom stereocenters. The lowest BCUT2D eigenvalue weighted by Gasteiger charge is -2.26. The van der Waals surface area contributed by atoms with Crippen molar-refractivity contribution in [2.45, 2.75) is 33.2 Å². The molecule has 1 N–H and O–H groups in total.